The van der Waals surface area contributed by atoms with E-state index >= 15 is 0 Å². The highest BCUT2D eigenvalue weighted by Crippen LogP contribution is 2.28. The molecule has 1 aliphatic rings. The van der Waals surface area contributed by atoms with E-state index in [0.29, 0.717) is 12.5 Å². The summed E-state index contributed by atoms with van der Waals surface area (Å²) in [5.74, 6) is 1.01. The average Bonchev–Trinajstić information content (AvgIpc) is 3.01. The maximum atomic E-state index is 11.9. The van der Waals surface area contributed by atoms with Crippen LogP contribution in [0.4, 0.5) is 4.79 Å². The number of methoxy groups -OCH3 is 1. The lowest BCUT2D eigenvalue weighted by molar-refractivity contribution is -0.120. The van der Waals surface area contributed by atoms with Crippen LogP contribution in [-0.2, 0) is 4.79 Å². The summed E-state index contributed by atoms with van der Waals surface area (Å²) < 4.78 is 5.17. The molecule has 0 radical (unpaired) electrons. The Morgan fingerprint density at radius 1 is 1.30 bits per heavy atom. The highest BCUT2D eigenvalue weighted by Gasteiger charge is 2.25. The maximum Gasteiger partial charge on any atom is 0.321 e. The summed E-state index contributed by atoms with van der Waals surface area (Å²) in [5, 5.41) is 5.00. The smallest absolute Gasteiger partial charge is 0.321 e. The van der Waals surface area contributed by atoms with Crippen LogP contribution in [0, 0.1) is 0 Å². The van der Waals surface area contributed by atoms with Crippen molar-refractivity contribution in [1.29, 1.82) is 0 Å². The summed E-state index contributed by atoms with van der Waals surface area (Å²) in [5.41, 5.74) is 1.26. The van der Waals surface area contributed by atoms with Gasteiger partial charge in [-0.3, -0.25) is 15.0 Å². The molecule has 1 aromatic rings. The van der Waals surface area contributed by atoms with Gasteiger partial charge in [-0.2, -0.15) is 0 Å². The van der Waals surface area contributed by atoms with Crippen molar-refractivity contribution < 1.29 is 14.3 Å². The standard InChI is InChI=1S/C17H25N3O3/c1-3-9-18-17(22)19-16(21)12-20-10-8-14(11-20)13-4-6-15(23-2)7-5-13/h4-7,14H,3,8-12H2,1-2H3,(H2,18,19,21,22). The Morgan fingerprint density at radius 2 is 2.04 bits per heavy atom. The average molecular weight is 319 g/mol. The van der Waals surface area contributed by atoms with Gasteiger partial charge in [0.1, 0.15) is 5.75 Å². The molecule has 1 aliphatic heterocycles. The molecule has 0 bridgehead atoms. The van der Waals surface area contributed by atoms with E-state index in [1.807, 2.05) is 19.1 Å². The zero-order chi connectivity index (χ0) is 16.7. The fourth-order valence-corrected chi connectivity index (χ4v) is 2.78. The molecule has 23 heavy (non-hydrogen) atoms. The van der Waals surface area contributed by atoms with Crippen molar-refractivity contribution in [2.24, 2.45) is 0 Å². The minimum absolute atomic E-state index is 0.256. The van der Waals surface area contributed by atoms with Crippen LogP contribution in [0.1, 0.15) is 31.2 Å². The summed E-state index contributed by atoms with van der Waals surface area (Å²) in [6, 6.07) is 7.66. The molecule has 0 spiro atoms. The van der Waals surface area contributed by atoms with Gasteiger partial charge >= 0.3 is 6.03 Å². The molecule has 1 saturated heterocycles. The second kappa shape index (κ2) is 8.53. The van der Waals surface area contributed by atoms with E-state index in [1.165, 1.54) is 5.56 Å². The molecule has 126 valence electrons. The van der Waals surface area contributed by atoms with E-state index < -0.39 is 6.03 Å². The molecular weight excluding hydrogens is 294 g/mol. The lowest BCUT2D eigenvalue weighted by Crippen LogP contribution is -2.44. The van der Waals surface area contributed by atoms with Gasteiger partial charge in [0.15, 0.2) is 0 Å². The predicted molar refractivity (Wildman–Crippen MR) is 88.6 cm³/mol. The number of rotatable bonds is 6. The van der Waals surface area contributed by atoms with Gasteiger partial charge in [0.05, 0.1) is 13.7 Å². The number of ether oxygens (including phenoxy) is 1. The number of carbonyl (C=O) groups excluding carboxylic acids is 2. The minimum atomic E-state index is -0.414. The fraction of sp³-hybridized carbons (Fsp3) is 0.529. The van der Waals surface area contributed by atoms with Crippen molar-refractivity contribution in [3.8, 4) is 5.75 Å². The molecule has 0 aliphatic carbocycles. The van der Waals surface area contributed by atoms with Gasteiger partial charge in [0.25, 0.3) is 0 Å². The molecule has 1 heterocycles. The molecule has 1 fully saturated rings. The molecule has 3 amide bonds. The van der Waals surface area contributed by atoms with Gasteiger partial charge in [0, 0.05) is 13.1 Å². The van der Waals surface area contributed by atoms with E-state index in [0.717, 1.165) is 31.7 Å². The first-order valence-corrected chi connectivity index (χ1v) is 8.06. The van der Waals surface area contributed by atoms with Crippen molar-refractivity contribution in [3.63, 3.8) is 0 Å². The van der Waals surface area contributed by atoms with E-state index in [1.54, 1.807) is 7.11 Å². The van der Waals surface area contributed by atoms with Gasteiger partial charge in [-0.05, 0) is 43.0 Å². The van der Waals surface area contributed by atoms with Crippen LogP contribution in [0.5, 0.6) is 5.75 Å². The van der Waals surface area contributed by atoms with E-state index in [9.17, 15) is 9.59 Å². The third-order valence-corrected chi connectivity index (χ3v) is 4.02. The van der Waals surface area contributed by atoms with Crippen LogP contribution in [-0.4, -0.2) is 50.1 Å². The number of carbonyl (C=O) groups is 2. The van der Waals surface area contributed by atoms with E-state index in [2.05, 4.69) is 27.7 Å². The Hall–Kier alpha value is -2.08. The number of urea groups is 1. The number of hydrogen-bond donors (Lipinski definition) is 2. The number of nitrogens with zero attached hydrogens (tertiary/aromatic N) is 1. The monoisotopic (exact) mass is 319 g/mol. The first-order chi connectivity index (χ1) is 11.1. The number of hydrogen-bond acceptors (Lipinski definition) is 4. The van der Waals surface area contributed by atoms with Crippen molar-refractivity contribution in [3.05, 3.63) is 29.8 Å². The van der Waals surface area contributed by atoms with Crippen LogP contribution in [0.2, 0.25) is 0 Å². The minimum Gasteiger partial charge on any atom is -0.497 e. The van der Waals surface area contributed by atoms with Crippen molar-refractivity contribution in [1.82, 2.24) is 15.5 Å². The Morgan fingerprint density at radius 3 is 2.70 bits per heavy atom. The number of likely N-dealkylation sites (tertiary alicyclic amines) is 1. The summed E-state index contributed by atoms with van der Waals surface area (Å²) in [6.07, 6.45) is 1.86. The molecule has 1 unspecified atom stereocenters. The number of nitrogens with one attached hydrogen (secondary N) is 2. The summed E-state index contributed by atoms with van der Waals surface area (Å²) >= 11 is 0. The lowest BCUT2D eigenvalue weighted by atomic mass is 9.98. The zero-order valence-corrected chi connectivity index (χ0v) is 13.8. The third kappa shape index (κ3) is 5.25. The quantitative estimate of drug-likeness (QED) is 0.837. The van der Waals surface area contributed by atoms with Gasteiger partial charge in [-0.25, -0.2) is 4.79 Å². The molecule has 2 N–H and O–H groups in total. The number of imide groups is 1. The topological polar surface area (TPSA) is 70.7 Å². The fourth-order valence-electron chi connectivity index (χ4n) is 2.78. The second-order valence-electron chi connectivity index (χ2n) is 5.80. The van der Waals surface area contributed by atoms with Crippen LogP contribution >= 0.6 is 0 Å². The summed E-state index contributed by atoms with van der Waals surface area (Å²) in [7, 11) is 1.65. The molecule has 0 aromatic heterocycles. The van der Waals surface area contributed by atoms with Crippen LogP contribution in [0.25, 0.3) is 0 Å². The number of benzene rings is 1. The Kier molecular flexibility index (Phi) is 6.40. The molecule has 1 atom stereocenters. The van der Waals surface area contributed by atoms with Gasteiger partial charge in [-0.1, -0.05) is 19.1 Å². The number of amides is 3. The summed E-state index contributed by atoms with van der Waals surface area (Å²) in [6.45, 7) is 4.48. The van der Waals surface area contributed by atoms with Crippen molar-refractivity contribution in [2.45, 2.75) is 25.7 Å². The van der Waals surface area contributed by atoms with E-state index in [-0.39, 0.29) is 12.5 Å². The zero-order valence-electron chi connectivity index (χ0n) is 13.8. The van der Waals surface area contributed by atoms with Crippen LogP contribution in [0.3, 0.4) is 0 Å². The first-order valence-electron chi connectivity index (χ1n) is 8.06. The molecule has 0 saturated carbocycles. The summed E-state index contributed by atoms with van der Waals surface area (Å²) in [4.78, 5) is 25.4. The first kappa shape index (κ1) is 17.3. The van der Waals surface area contributed by atoms with Gasteiger partial charge in [0.2, 0.25) is 5.91 Å². The SMILES string of the molecule is CCCNC(=O)NC(=O)CN1CCC(c2ccc(OC)cc2)C1. The van der Waals surface area contributed by atoms with Crippen LogP contribution in [0.15, 0.2) is 24.3 Å². The van der Waals surface area contributed by atoms with Crippen molar-refractivity contribution >= 4 is 11.9 Å². The lowest BCUT2D eigenvalue weighted by Gasteiger charge is -2.16. The highest BCUT2D eigenvalue weighted by atomic mass is 16.5. The molecule has 2 rings (SSSR count). The predicted octanol–water partition coefficient (Wildman–Crippen LogP) is 1.72. The normalized spacial score (nSPS) is 17.7. The third-order valence-electron chi connectivity index (χ3n) is 4.02. The van der Waals surface area contributed by atoms with E-state index in [4.69, 9.17) is 4.74 Å². The highest BCUT2D eigenvalue weighted by molar-refractivity contribution is 5.95. The Labute approximate surface area is 137 Å². The van der Waals surface area contributed by atoms with Crippen molar-refractivity contribution in [2.75, 3.05) is 33.3 Å². The molecular formula is C17H25N3O3. The largest absolute Gasteiger partial charge is 0.497 e. The van der Waals surface area contributed by atoms with Crippen LogP contribution < -0.4 is 15.4 Å². The van der Waals surface area contributed by atoms with Gasteiger partial charge in [-0.15, -0.1) is 0 Å². The molecule has 6 heteroatoms. The molecule has 1 aromatic carbocycles. The second-order valence-corrected chi connectivity index (χ2v) is 5.80. The van der Waals surface area contributed by atoms with Gasteiger partial charge < -0.3 is 10.1 Å². The Balaban J connectivity index is 1.78. The Bertz CT molecular complexity index is 530. The maximum absolute atomic E-state index is 11.9. The molecule has 6 nitrogen and oxygen atoms in total.